The van der Waals surface area contributed by atoms with Gasteiger partial charge in [-0.25, -0.2) is 4.79 Å². The summed E-state index contributed by atoms with van der Waals surface area (Å²) in [5.41, 5.74) is 0.651. The molecule has 25 heavy (non-hydrogen) atoms. The molecule has 0 aromatic heterocycles. The third-order valence-corrected chi connectivity index (χ3v) is 3.60. The Kier molecular flexibility index (Phi) is 9.02. The number of carbonyl (C=O) groups is 3. The van der Waals surface area contributed by atoms with Gasteiger partial charge in [-0.3, -0.25) is 9.59 Å². The van der Waals surface area contributed by atoms with Crippen LogP contribution in [-0.4, -0.2) is 43.1 Å². The first-order valence-electron chi connectivity index (χ1n) is 8.97. The number of nitrogens with one attached hydrogen (secondary N) is 3. The van der Waals surface area contributed by atoms with E-state index in [1.807, 2.05) is 0 Å². The first-order chi connectivity index (χ1) is 11.8. The summed E-state index contributed by atoms with van der Waals surface area (Å²) >= 11 is 0. The quantitative estimate of drug-likeness (QED) is 0.482. The van der Waals surface area contributed by atoms with Gasteiger partial charge in [-0.1, -0.05) is 12.0 Å². The highest BCUT2D eigenvalue weighted by molar-refractivity contribution is 5.88. The Labute approximate surface area is 149 Å². The molecule has 1 fully saturated rings. The Morgan fingerprint density at radius 1 is 0.960 bits per heavy atom. The van der Waals surface area contributed by atoms with Crippen LogP contribution in [0.15, 0.2) is 11.6 Å². The summed E-state index contributed by atoms with van der Waals surface area (Å²) in [5.74, 6) is -0.284. The lowest BCUT2D eigenvalue weighted by atomic mass is 9.95. The van der Waals surface area contributed by atoms with Gasteiger partial charge in [0.25, 0.3) is 0 Å². The van der Waals surface area contributed by atoms with E-state index in [1.165, 1.54) is 12.0 Å². The molecular weight excluding hydrogens is 322 g/mol. The van der Waals surface area contributed by atoms with Crippen molar-refractivity contribution >= 4 is 17.9 Å². The molecule has 0 atom stereocenters. The molecule has 0 unspecified atom stereocenters. The highest BCUT2D eigenvalue weighted by Gasteiger charge is 2.15. The third-order valence-electron chi connectivity index (χ3n) is 3.60. The average Bonchev–Trinajstić information content (AvgIpc) is 2.51. The Morgan fingerprint density at radius 3 is 2.24 bits per heavy atom. The zero-order chi connectivity index (χ0) is 18.7. The highest BCUT2D eigenvalue weighted by atomic mass is 16.6. The van der Waals surface area contributed by atoms with Gasteiger partial charge in [-0.15, -0.1) is 0 Å². The molecule has 0 saturated heterocycles. The molecule has 0 heterocycles. The van der Waals surface area contributed by atoms with Crippen molar-refractivity contribution in [2.24, 2.45) is 0 Å². The Hall–Kier alpha value is -2.05. The van der Waals surface area contributed by atoms with Crippen LogP contribution in [0.25, 0.3) is 0 Å². The van der Waals surface area contributed by atoms with Crippen LogP contribution in [0.1, 0.15) is 59.3 Å². The van der Waals surface area contributed by atoms with Crippen LogP contribution in [-0.2, 0) is 14.3 Å². The first-order valence-corrected chi connectivity index (χ1v) is 8.97. The summed E-state index contributed by atoms with van der Waals surface area (Å²) in [4.78, 5) is 34.8. The fourth-order valence-corrected chi connectivity index (χ4v) is 2.45. The van der Waals surface area contributed by atoms with Gasteiger partial charge in [0.15, 0.2) is 0 Å². The predicted molar refractivity (Wildman–Crippen MR) is 96.0 cm³/mol. The molecule has 0 spiro atoms. The molecule has 0 aliphatic heterocycles. The molecule has 7 nitrogen and oxygen atoms in total. The standard InChI is InChI=1S/C18H31N3O4/c1-18(2,3)25-17(24)21-10-9-15(22)19-11-12-20-16(23)13-14-7-5-4-6-8-14/h13H,4-12H2,1-3H3,(H,19,22)(H,20,23)(H,21,24). The van der Waals surface area contributed by atoms with Crippen molar-refractivity contribution in [3.63, 3.8) is 0 Å². The van der Waals surface area contributed by atoms with E-state index in [0.717, 1.165) is 25.7 Å². The molecule has 1 saturated carbocycles. The van der Waals surface area contributed by atoms with Gasteiger partial charge >= 0.3 is 6.09 Å². The van der Waals surface area contributed by atoms with Crippen LogP contribution in [0.4, 0.5) is 4.79 Å². The third kappa shape index (κ3) is 11.2. The molecule has 1 aliphatic carbocycles. The highest BCUT2D eigenvalue weighted by Crippen LogP contribution is 2.22. The van der Waals surface area contributed by atoms with E-state index in [2.05, 4.69) is 16.0 Å². The maximum atomic E-state index is 11.8. The Bertz CT molecular complexity index is 487. The number of rotatable bonds is 7. The van der Waals surface area contributed by atoms with Gasteiger partial charge in [0.2, 0.25) is 11.8 Å². The lowest BCUT2D eigenvalue weighted by Crippen LogP contribution is -2.37. The number of hydrogen-bond acceptors (Lipinski definition) is 4. The predicted octanol–water partition coefficient (Wildman–Crippen LogP) is 2.02. The van der Waals surface area contributed by atoms with Crippen LogP contribution in [0.2, 0.25) is 0 Å². The number of hydrogen-bond donors (Lipinski definition) is 3. The van der Waals surface area contributed by atoms with Gasteiger partial charge in [-0.05, 0) is 46.5 Å². The largest absolute Gasteiger partial charge is 0.444 e. The van der Waals surface area contributed by atoms with Crippen LogP contribution >= 0.6 is 0 Å². The molecule has 1 rings (SSSR count). The number of carbonyl (C=O) groups excluding carboxylic acids is 3. The normalized spacial score (nSPS) is 14.4. The molecule has 1 aliphatic rings. The van der Waals surface area contributed by atoms with E-state index >= 15 is 0 Å². The number of alkyl carbamates (subject to hydrolysis) is 1. The van der Waals surface area contributed by atoms with Crippen molar-refractivity contribution in [3.05, 3.63) is 11.6 Å². The Morgan fingerprint density at radius 2 is 1.60 bits per heavy atom. The van der Waals surface area contributed by atoms with E-state index < -0.39 is 11.7 Å². The minimum Gasteiger partial charge on any atom is -0.444 e. The average molecular weight is 353 g/mol. The van der Waals surface area contributed by atoms with Crippen molar-refractivity contribution < 1.29 is 19.1 Å². The van der Waals surface area contributed by atoms with Crippen molar-refractivity contribution in [2.75, 3.05) is 19.6 Å². The van der Waals surface area contributed by atoms with Crippen LogP contribution < -0.4 is 16.0 Å². The van der Waals surface area contributed by atoms with Crippen molar-refractivity contribution in [1.82, 2.24) is 16.0 Å². The van der Waals surface area contributed by atoms with E-state index in [-0.39, 0.29) is 24.8 Å². The molecule has 7 heteroatoms. The van der Waals surface area contributed by atoms with E-state index in [0.29, 0.717) is 13.1 Å². The van der Waals surface area contributed by atoms with Gasteiger partial charge < -0.3 is 20.7 Å². The maximum Gasteiger partial charge on any atom is 0.407 e. The second-order valence-corrected chi connectivity index (χ2v) is 7.18. The fourth-order valence-electron chi connectivity index (χ4n) is 2.45. The summed E-state index contributed by atoms with van der Waals surface area (Å²) in [6, 6.07) is 0. The zero-order valence-electron chi connectivity index (χ0n) is 15.6. The molecule has 0 aromatic rings. The summed E-state index contributed by atoms with van der Waals surface area (Å²) in [6.07, 6.45) is 6.89. The molecule has 0 bridgehead atoms. The monoisotopic (exact) mass is 353 g/mol. The smallest absolute Gasteiger partial charge is 0.407 e. The van der Waals surface area contributed by atoms with Crippen molar-refractivity contribution in [2.45, 2.75) is 64.9 Å². The second kappa shape index (κ2) is 10.7. The second-order valence-electron chi connectivity index (χ2n) is 7.18. The number of allylic oxidation sites excluding steroid dienone is 1. The molecular formula is C18H31N3O4. The minimum absolute atomic E-state index is 0.0993. The van der Waals surface area contributed by atoms with Gasteiger partial charge in [0.1, 0.15) is 5.60 Å². The summed E-state index contributed by atoms with van der Waals surface area (Å²) in [5, 5.41) is 7.99. The van der Waals surface area contributed by atoms with Crippen LogP contribution in [0.3, 0.4) is 0 Å². The van der Waals surface area contributed by atoms with Gasteiger partial charge in [0, 0.05) is 32.1 Å². The summed E-state index contributed by atoms with van der Waals surface area (Å²) < 4.78 is 5.07. The summed E-state index contributed by atoms with van der Waals surface area (Å²) in [7, 11) is 0. The first kappa shape index (κ1) is 21.0. The maximum absolute atomic E-state index is 11.8. The van der Waals surface area contributed by atoms with E-state index in [1.54, 1.807) is 26.8 Å². The molecule has 0 radical (unpaired) electrons. The van der Waals surface area contributed by atoms with E-state index in [9.17, 15) is 14.4 Å². The van der Waals surface area contributed by atoms with Crippen LogP contribution in [0, 0.1) is 0 Å². The SMILES string of the molecule is CC(C)(C)OC(=O)NCCC(=O)NCCNC(=O)C=C1CCCCC1. The zero-order valence-corrected chi connectivity index (χ0v) is 15.6. The number of amides is 3. The summed E-state index contributed by atoms with van der Waals surface area (Å²) in [6.45, 7) is 6.28. The van der Waals surface area contributed by atoms with Crippen molar-refractivity contribution in [1.29, 1.82) is 0 Å². The van der Waals surface area contributed by atoms with Gasteiger partial charge in [-0.2, -0.15) is 0 Å². The van der Waals surface area contributed by atoms with Gasteiger partial charge in [0.05, 0.1) is 0 Å². The molecule has 3 N–H and O–H groups in total. The Balaban J connectivity index is 2.06. The lowest BCUT2D eigenvalue weighted by molar-refractivity contribution is -0.121. The topological polar surface area (TPSA) is 96.5 Å². The van der Waals surface area contributed by atoms with Crippen LogP contribution in [0.5, 0.6) is 0 Å². The molecule has 3 amide bonds. The molecule has 142 valence electrons. The van der Waals surface area contributed by atoms with E-state index in [4.69, 9.17) is 4.74 Å². The fraction of sp³-hybridized carbons (Fsp3) is 0.722. The van der Waals surface area contributed by atoms with Crippen molar-refractivity contribution in [3.8, 4) is 0 Å². The minimum atomic E-state index is -0.558. The lowest BCUT2D eigenvalue weighted by Gasteiger charge is -2.19. The molecule has 0 aromatic carbocycles. The number of ether oxygens (including phenoxy) is 1.